The molecule has 2 aromatic heterocycles. The Morgan fingerprint density at radius 3 is 2.13 bits per heavy atom. The van der Waals surface area contributed by atoms with E-state index >= 15 is 0 Å². The van der Waals surface area contributed by atoms with Gasteiger partial charge in [-0.3, -0.25) is 4.79 Å². The number of esters is 2. The lowest BCUT2D eigenvalue weighted by Crippen LogP contribution is -2.16. The molecule has 0 atom stereocenters. The van der Waals surface area contributed by atoms with Crippen molar-refractivity contribution in [2.45, 2.75) is 6.29 Å². The molecule has 0 radical (unpaired) electrons. The van der Waals surface area contributed by atoms with E-state index in [0.29, 0.717) is 30.0 Å². The number of benzene rings is 1. The monoisotopic (exact) mass is 409 g/mol. The zero-order valence-electron chi connectivity index (χ0n) is 16.4. The van der Waals surface area contributed by atoms with Crippen molar-refractivity contribution in [1.29, 1.82) is 0 Å². The van der Waals surface area contributed by atoms with Crippen LogP contribution in [0.2, 0.25) is 0 Å². The summed E-state index contributed by atoms with van der Waals surface area (Å²) < 4.78 is 22.6. The van der Waals surface area contributed by atoms with E-state index in [1.807, 2.05) is 0 Å². The average Bonchev–Trinajstić information content (AvgIpc) is 3.44. The number of carbonyl (C=O) groups excluding carboxylic acids is 3. The largest absolute Gasteiger partial charge is 0.465 e. The number of carbonyl (C=O) groups is 3. The van der Waals surface area contributed by atoms with E-state index in [1.165, 1.54) is 18.6 Å². The second-order valence-corrected chi connectivity index (χ2v) is 6.52. The zero-order chi connectivity index (χ0) is 21.3. The fourth-order valence-electron chi connectivity index (χ4n) is 3.59. The number of ether oxygens (including phenoxy) is 4. The van der Waals surface area contributed by atoms with Gasteiger partial charge >= 0.3 is 11.9 Å². The van der Waals surface area contributed by atoms with Gasteiger partial charge in [0.1, 0.15) is 16.8 Å². The molecule has 1 fully saturated rings. The molecule has 0 spiro atoms. The summed E-state index contributed by atoms with van der Waals surface area (Å²) in [6, 6.07) is 13.5. The number of nitrogens with zero attached hydrogens (tertiary/aromatic N) is 1. The van der Waals surface area contributed by atoms with Gasteiger partial charge < -0.3 is 23.3 Å². The highest BCUT2D eigenvalue weighted by Crippen LogP contribution is 2.33. The third-order valence-corrected chi connectivity index (χ3v) is 4.88. The predicted molar refractivity (Wildman–Crippen MR) is 105 cm³/mol. The Morgan fingerprint density at radius 2 is 1.50 bits per heavy atom. The molecule has 0 aliphatic carbocycles. The SMILES string of the molecule is COC(=O)c1c(C(=O)OC)c2cccc(C3OCCO3)n2c1C(=O)c1ccccc1. The maximum atomic E-state index is 13.5. The molecule has 0 N–H and O–H groups in total. The molecule has 1 aliphatic rings. The first kappa shape index (κ1) is 19.8. The number of fused-ring (bicyclic) bond motifs is 1. The van der Waals surface area contributed by atoms with Crippen molar-refractivity contribution in [3.05, 3.63) is 76.6 Å². The molecule has 8 heteroatoms. The number of pyridine rings is 1. The summed E-state index contributed by atoms with van der Waals surface area (Å²) in [5.74, 6) is -2.03. The average molecular weight is 409 g/mol. The zero-order valence-corrected chi connectivity index (χ0v) is 16.4. The van der Waals surface area contributed by atoms with Crippen LogP contribution in [-0.2, 0) is 18.9 Å². The maximum absolute atomic E-state index is 13.5. The van der Waals surface area contributed by atoms with Gasteiger partial charge in [-0.25, -0.2) is 9.59 Å². The lowest BCUT2D eigenvalue weighted by Gasteiger charge is -2.14. The Morgan fingerprint density at radius 1 is 0.867 bits per heavy atom. The van der Waals surface area contributed by atoms with E-state index in [4.69, 9.17) is 18.9 Å². The van der Waals surface area contributed by atoms with Crippen molar-refractivity contribution < 1.29 is 33.3 Å². The molecule has 0 unspecified atom stereocenters. The van der Waals surface area contributed by atoms with Crippen LogP contribution in [0.3, 0.4) is 0 Å². The first-order valence-electron chi connectivity index (χ1n) is 9.25. The summed E-state index contributed by atoms with van der Waals surface area (Å²) in [5.41, 5.74) is 0.912. The summed E-state index contributed by atoms with van der Waals surface area (Å²) in [6.07, 6.45) is -0.751. The van der Waals surface area contributed by atoms with Gasteiger partial charge in [-0.05, 0) is 12.1 Å². The first-order chi connectivity index (χ1) is 14.6. The summed E-state index contributed by atoms with van der Waals surface area (Å²) >= 11 is 0. The molecular weight excluding hydrogens is 390 g/mol. The quantitative estimate of drug-likeness (QED) is 0.473. The van der Waals surface area contributed by atoms with Crippen molar-refractivity contribution in [2.24, 2.45) is 0 Å². The minimum atomic E-state index is -0.822. The van der Waals surface area contributed by atoms with E-state index in [9.17, 15) is 14.4 Å². The molecule has 1 saturated heterocycles. The normalized spacial score (nSPS) is 14.1. The fraction of sp³-hybridized carbons (Fsp3) is 0.227. The van der Waals surface area contributed by atoms with Gasteiger partial charge in [-0.2, -0.15) is 0 Å². The second-order valence-electron chi connectivity index (χ2n) is 6.52. The molecular formula is C22H19NO7. The Balaban J connectivity index is 2.11. The van der Waals surface area contributed by atoms with Crippen LogP contribution in [0.4, 0.5) is 0 Å². The molecule has 0 saturated carbocycles. The van der Waals surface area contributed by atoms with Gasteiger partial charge in [-0.15, -0.1) is 0 Å². The van der Waals surface area contributed by atoms with Gasteiger partial charge in [0.15, 0.2) is 6.29 Å². The van der Waals surface area contributed by atoms with Crippen molar-refractivity contribution >= 4 is 23.2 Å². The van der Waals surface area contributed by atoms with Crippen LogP contribution < -0.4 is 0 Å². The van der Waals surface area contributed by atoms with Crippen LogP contribution in [0.25, 0.3) is 5.52 Å². The van der Waals surface area contributed by atoms with Crippen LogP contribution in [-0.4, -0.2) is 49.6 Å². The fourth-order valence-corrected chi connectivity index (χ4v) is 3.59. The lowest BCUT2D eigenvalue weighted by molar-refractivity contribution is -0.0481. The second kappa shape index (κ2) is 8.10. The highest BCUT2D eigenvalue weighted by molar-refractivity contribution is 6.19. The van der Waals surface area contributed by atoms with Gasteiger partial charge in [0.2, 0.25) is 5.78 Å². The van der Waals surface area contributed by atoms with Crippen molar-refractivity contribution in [3.63, 3.8) is 0 Å². The van der Waals surface area contributed by atoms with Crippen LogP contribution in [0.15, 0.2) is 48.5 Å². The highest BCUT2D eigenvalue weighted by atomic mass is 16.7. The van der Waals surface area contributed by atoms with Crippen molar-refractivity contribution in [3.8, 4) is 0 Å². The number of hydrogen-bond donors (Lipinski definition) is 0. The van der Waals surface area contributed by atoms with E-state index in [0.717, 1.165) is 0 Å². The number of ketones is 1. The summed E-state index contributed by atoms with van der Waals surface area (Å²) in [6.45, 7) is 0.774. The summed E-state index contributed by atoms with van der Waals surface area (Å²) in [4.78, 5) is 38.9. The summed E-state index contributed by atoms with van der Waals surface area (Å²) in [5, 5.41) is 0. The standard InChI is InChI=1S/C22H19NO7/c1-27-20(25)16-14-9-6-10-15(22-29-11-12-30-22)23(14)18(17(16)21(26)28-2)19(24)13-7-4-3-5-8-13/h3-10,22H,11-12H2,1-2H3. The van der Waals surface area contributed by atoms with Crippen LogP contribution >= 0.6 is 0 Å². The number of rotatable bonds is 5. The van der Waals surface area contributed by atoms with E-state index in [-0.39, 0.29) is 16.8 Å². The first-order valence-corrected chi connectivity index (χ1v) is 9.25. The van der Waals surface area contributed by atoms with Crippen LogP contribution in [0.5, 0.6) is 0 Å². The van der Waals surface area contributed by atoms with Gasteiger partial charge in [0, 0.05) is 5.56 Å². The molecule has 0 bridgehead atoms. The Kier molecular flexibility index (Phi) is 5.35. The van der Waals surface area contributed by atoms with Crippen molar-refractivity contribution in [1.82, 2.24) is 4.40 Å². The molecule has 3 heterocycles. The topological polar surface area (TPSA) is 92.5 Å². The maximum Gasteiger partial charge on any atom is 0.341 e. The van der Waals surface area contributed by atoms with Gasteiger partial charge in [-0.1, -0.05) is 36.4 Å². The third kappa shape index (κ3) is 3.16. The Labute approximate surface area is 171 Å². The third-order valence-electron chi connectivity index (χ3n) is 4.88. The van der Waals surface area contributed by atoms with Crippen molar-refractivity contribution in [2.75, 3.05) is 27.4 Å². The molecule has 1 aliphatic heterocycles. The lowest BCUT2D eigenvalue weighted by atomic mass is 10.0. The van der Waals surface area contributed by atoms with E-state index in [2.05, 4.69) is 0 Å². The summed E-state index contributed by atoms with van der Waals surface area (Å²) in [7, 11) is 2.39. The molecule has 3 aromatic rings. The predicted octanol–water partition coefficient (Wildman–Crippen LogP) is 2.79. The van der Waals surface area contributed by atoms with E-state index in [1.54, 1.807) is 48.5 Å². The molecule has 0 amide bonds. The molecule has 8 nitrogen and oxygen atoms in total. The number of methoxy groups -OCH3 is 2. The minimum absolute atomic E-state index is 0.0156. The highest BCUT2D eigenvalue weighted by Gasteiger charge is 2.35. The van der Waals surface area contributed by atoms with E-state index < -0.39 is 24.0 Å². The van der Waals surface area contributed by atoms with Gasteiger partial charge in [0.05, 0.1) is 38.6 Å². The molecule has 30 heavy (non-hydrogen) atoms. The minimum Gasteiger partial charge on any atom is -0.465 e. The van der Waals surface area contributed by atoms with Gasteiger partial charge in [0.25, 0.3) is 0 Å². The smallest absolute Gasteiger partial charge is 0.341 e. The molecule has 154 valence electrons. The number of aromatic nitrogens is 1. The van der Waals surface area contributed by atoms with Crippen LogP contribution in [0.1, 0.15) is 48.8 Å². The molecule has 1 aromatic carbocycles. The number of hydrogen-bond acceptors (Lipinski definition) is 7. The Hall–Kier alpha value is -3.49. The molecule has 4 rings (SSSR count). The Bertz CT molecular complexity index is 1130. The van der Waals surface area contributed by atoms with Crippen LogP contribution in [0, 0.1) is 0 Å².